The number of fused-ring (bicyclic) bond motifs is 1. The van der Waals surface area contributed by atoms with E-state index >= 15 is 0 Å². The van der Waals surface area contributed by atoms with E-state index in [1.807, 2.05) is 6.20 Å². The first-order chi connectivity index (χ1) is 14.7. The molecule has 31 heavy (non-hydrogen) atoms. The van der Waals surface area contributed by atoms with Crippen LogP contribution in [0, 0.1) is 5.82 Å². The largest absolute Gasteiger partial charge is 0.364 e. The van der Waals surface area contributed by atoms with E-state index < -0.39 is 0 Å². The van der Waals surface area contributed by atoms with E-state index in [9.17, 15) is 4.39 Å². The Kier molecular flexibility index (Phi) is 8.34. The van der Waals surface area contributed by atoms with Crippen LogP contribution < -0.4 is 15.5 Å². The van der Waals surface area contributed by atoms with Crippen molar-refractivity contribution in [1.29, 1.82) is 0 Å². The van der Waals surface area contributed by atoms with Crippen LogP contribution in [0.4, 0.5) is 10.1 Å². The molecule has 5 nitrogen and oxygen atoms in total. The molecule has 2 aromatic carbocycles. The monoisotopic (exact) mass is 533 g/mol. The van der Waals surface area contributed by atoms with Gasteiger partial charge in [0.2, 0.25) is 0 Å². The maximum Gasteiger partial charge on any atom is 0.191 e. The van der Waals surface area contributed by atoms with E-state index in [-0.39, 0.29) is 29.8 Å². The highest BCUT2D eigenvalue weighted by Gasteiger charge is 2.08. The third-order valence-corrected chi connectivity index (χ3v) is 5.27. The number of nitrogens with one attached hydrogen (secondary N) is 3. The lowest BCUT2D eigenvalue weighted by molar-refractivity contribution is 0.629. The molecule has 4 rings (SSSR count). The summed E-state index contributed by atoms with van der Waals surface area (Å²) in [5.41, 5.74) is 4.47. The maximum atomic E-state index is 13.6. The molecule has 2 heterocycles. The second kappa shape index (κ2) is 11.2. The third-order valence-electron chi connectivity index (χ3n) is 5.27. The Bertz CT molecular complexity index is 1050. The summed E-state index contributed by atoms with van der Waals surface area (Å²) >= 11 is 0. The average molecular weight is 533 g/mol. The smallest absolute Gasteiger partial charge is 0.191 e. The predicted octanol–water partition coefficient (Wildman–Crippen LogP) is 4.60. The fourth-order valence-corrected chi connectivity index (χ4v) is 3.73. The van der Waals surface area contributed by atoms with Crippen LogP contribution in [0.3, 0.4) is 0 Å². The van der Waals surface area contributed by atoms with Crippen molar-refractivity contribution in [3.63, 3.8) is 0 Å². The van der Waals surface area contributed by atoms with Gasteiger partial charge in [0, 0.05) is 49.0 Å². The first kappa shape index (κ1) is 23.1. The zero-order chi connectivity index (χ0) is 20.8. The predicted molar refractivity (Wildman–Crippen MR) is 138 cm³/mol. The Labute approximate surface area is 199 Å². The molecule has 0 radical (unpaired) electrons. The number of guanidine groups is 1. The minimum atomic E-state index is -0.210. The Morgan fingerprint density at radius 3 is 2.77 bits per heavy atom. The molecule has 7 heteroatoms. The molecule has 1 aromatic heterocycles. The Morgan fingerprint density at radius 2 is 1.97 bits per heavy atom. The van der Waals surface area contributed by atoms with Gasteiger partial charge in [-0.15, -0.1) is 24.0 Å². The van der Waals surface area contributed by atoms with Crippen LogP contribution in [0.2, 0.25) is 0 Å². The van der Waals surface area contributed by atoms with Gasteiger partial charge in [0.1, 0.15) is 5.82 Å². The summed E-state index contributed by atoms with van der Waals surface area (Å²) in [6.07, 6.45) is 7.13. The van der Waals surface area contributed by atoms with Crippen molar-refractivity contribution in [3.05, 3.63) is 77.8 Å². The van der Waals surface area contributed by atoms with E-state index in [0.29, 0.717) is 6.54 Å². The van der Waals surface area contributed by atoms with Crippen molar-refractivity contribution in [3.8, 4) is 0 Å². The maximum absolute atomic E-state index is 13.6. The molecule has 1 aliphatic heterocycles. The highest BCUT2D eigenvalue weighted by molar-refractivity contribution is 14.0. The summed E-state index contributed by atoms with van der Waals surface area (Å²) in [4.78, 5) is 10.3. The summed E-state index contributed by atoms with van der Waals surface area (Å²) in [5, 5.41) is 7.63. The molecule has 0 aliphatic carbocycles. The summed E-state index contributed by atoms with van der Waals surface area (Å²) in [7, 11) is 0. The van der Waals surface area contributed by atoms with Gasteiger partial charge in [-0.25, -0.2) is 9.38 Å². The first-order valence-corrected chi connectivity index (χ1v) is 10.5. The quantitative estimate of drug-likeness (QED) is 0.180. The number of anilines is 1. The molecule has 1 aliphatic rings. The number of benzene rings is 2. The molecule has 0 saturated heterocycles. The number of aromatic nitrogens is 1. The van der Waals surface area contributed by atoms with Crippen molar-refractivity contribution >= 4 is 46.5 Å². The number of nitrogens with zero attached hydrogens (tertiary/aromatic N) is 2. The van der Waals surface area contributed by atoms with Crippen molar-refractivity contribution < 1.29 is 4.39 Å². The molecule has 0 fully saturated rings. The van der Waals surface area contributed by atoms with Gasteiger partial charge in [-0.2, -0.15) is 0 Å². The number of rotatable bonds is 7. The van der Waals surface area contributed by atoms with Crippen molar-refractivity contribution in [2.75, 3.05) is 31.1 Å². The SMILES string of the molecule is CCNC(=NCc1cccc(N2CC=CC2)c1)NCCc1c[nH]c2ccc(F)cc12.I. The van der Waals surface area contributed by atoms with Crippen molar-refractivity contribution in [1.82, 2.24) is 15.6 Å². The molecule has 0 bridgehead atoms. The van der Waals surface area contributed by atoms with Gasteiger partial charge in [-0.1, -0.05) is 24.3 Å². The Hall–Kier alpha value is -2.55. The van der Waals surface area contributed by atoms with Crippen LogP contribution in [-0.2, 0) is 13.0 Å². The number of aliphatic imine (C=N–C) groups is 1. The van der Waals surface area contributed by atoms with Crippen molar-refractivity contribution in [2.24, 2.45) is 4.99 Å². The molecule has 0 saturated carbocycles. The van der Waals surface area contributed by atoms with Gasteiger partial charge in [0.25, 0.3) is 0 Å². The summed E-state index contributed by atoms with van der Waals surface area (Å²) in [5.74, 6) is 0.579. The van der Waals surface area contributed by atoms with Crippen LogP contribution in [0.15, 0.2) is 65.8 Å². The molecule has 164 valence electrons. The molecular weight excluding hydrogens is 504 g/mol. The number of hydrogen-bond donors (Lipinski definition) is 3. The molecule has 3 aromatic rings. The topological polar surface area (TPSA) is 55.5 Å². The lowest BCUT2D eigenvalue weighted by Crippen LogP contribution is -2.38. The molecule has 0 spiro atoms. The molecule has 3 N–H and O–H groups in total. The van der Waals surface area contributed by atoms with Gasteiger partial charge < -0.3 is 20.5 Å². The van der Waals surface area contributed by atoms with Crippen molar-refractivity contribution in [2.45, 2.75) is 19.9 Å². The lowest BCUT2D eigenvalue weighted by Gasteiger charge is -2.18. The average Bonchev–Trinajstić information content (AvgIpc) is 3.43. The summed E-state index contributed by atoms with van der Waals surface area (Å²) in [6.45, 7) is 6.12. The fraction of sp³-hybridized carbons (Fsp3) is 0.292. The van der Waals surface area contributed by atoms with E-state index in [1.165, 1.54) is 17.3 Å². The van der Waals surface area contributed by atoms with Crippen LogP contribution in [0.25, 0.3) is 10.9 Å². The minimum absolute atomic E-state index is 0. The number of aromatic amines is 1. The molecule has 0 atom stereocenters. The van der Waals surface area contributed by atoms with Crippen LogP contribution in [0.1, 0.15) is 18.1 Å². The van der Waals surface area contributed by atoms with Crippen LogP contribution in [-0.4, -0.2) is 37.1 Å². The normalized spacial score (nSPS) is 13.5. The zero-order valence-electron chi connectivity index (χ0n) is 17.7. The van der Waals surface area contributed by atoms with E-state index in [2.05, 4.69) is 63.9 Å². The Morgan fingerprint density at radius 1 is 1.13 bits per heavy atom. The van der Waals surface area contributed by atoms with E-state index in [4.69, 9.17) is 4.99 Å². The standard InChI is InChI=1S/C24H28FN5.HI/c1-2-26-24(27-11-10-19-17-28-23-9-8-20(25)15-22(19)23)29-16-18-6-5-7-21(14-18)30-12-3-4-13-30;/h3-9,14-15,17,28H,2,10-13,16H2,1H3,(H2,26,27,29);1H. The third kappa shape index (κ3) is 6.00. The van der Waals surface area contributed by atoms with Gasteiger partial charge >= 0.3 is 0 Å². The minimum Gasteiger partial charge on any atom is -0.364 e. The summed E-state index contributed by atoms with van der Waals surface area (Å²) < 4.78 is 13.6. The van der Waals surface area contributed by atoms with Gasteiger partial charge in [-0.3, -0.25) is 0 Å². The van der Waals surface area contributed by atoms with Crippen LogP contribution >= 0.6 is 24.0 Å². The molecular formula is C24H29FIN5. The second-order valence-electron chi connectivity index (χ2n) is 7.42. The molecule has 0 unspecified atom stereocenters. The zero-order valence-corrected chi connectivity index (χ0v) is 20.0. The van der Waals surface area contributed by atoms with E-state index in [0.717, 1.165) is 55.0 Å². The number of halogens is 2. The number of hydrogen-bond acceptors (Lipinski definition) is 2. The van der Waals surface area contributed by atoms with Gasteiger partial charge in [-0.05, 0) is 54.8 Å². The lowest BCUT2D eigenvalue weighted by atomic mass is 10.1. The summed E-state index contributed by atoms with van der Waals surface area (Å²) in [6, 6.07) is 13.4. The number of H-pyrrole nitrogens is 1. The highest BCUT2D eigenvalue weighted by Crippen LogP contribution is 2.20. The van der Waals surface area contributed by atoms with Gasteiger partial charge in [0.15, 0.2) is 5.96 Å². The fourth-order valence-electron chi connectivity index (χ4n) is 3.73. The van der Waals surface area contributed by atoms with Crippen LogP contribution in [0.5, 0.6) is 0 Å². The highest BCUT2D eigenvalue weighted by atomic mass is 127. The van der Waals surface area contributed by atoms with E-state index in [1.54, 1.807) is 12.1 Å². The molecule has 0 amide bonds. The second-order valence-corrected chi connectivity index (χ2v) is 7.42. The Balaban J connectivity index is 0.00000272. The van der Waals surface area contributed by atoms with Gasteiger partial charge in [0.05, 0.1) is 6.54 Å². The first-order valence-electron chi connectivity index (χ1n) is 10.5.